The van der Waals surface area contributed by atoms with Gasteiger partial charge in [-0.3, -0.25) is 4.79 Å². The van der Waals surface area contributed by atoms with E-state index in [0.29, 0.717) is 12.1 Å². The average Bonchev–Trinajstić information content (AvgIpc) is 2.60. The van der Waals surface area contributed by atoms with Crippen molar-refractivity contribution in [1.29, 1.82) is 5.26 Å². The zero-order chi connectivity index (χ0) is 17.3. The fraction of sp³-hybridized carbons (Fsp3) is 0.263. The second-order valence-corrected chi connectivity index (χ2v) is 5.71. The molecule has 1 aliphatic carbocycles. The largest absolute Gasteiger partial charge is 0.497 e. The highest BCUT2D eigenvalue weighted by atomic mass is 16.5. The van der Waals surface area contributed by atoms with Gasteiger partial charge in [0.1, 0.15) is 23.6 Å². The molecule has 0 saturated carbocycles. The maximum absolute atomic E-state index is 12.1. The molecule has 122 valence electrons. The van der Waals surface area contributed by atoms with Crippen molar-refractivity contribution in [3.05, 3.63) is 58.9 Å². The molecule has 24 heavy (non-hydrogen) atoms. The Labute approximate surface area is 141 Å². The molecule has 1 unspecified atom stereocenters. The summed E-state index contributed by atoms with van der Waals surface area (Å²) in [6.45, 7) is 0. The number of carbonyl (C=O) groups excluding carboxylic acids is 1. The van der Waals surface area contributed by atoms with E-state index in [-0.39, 0.29) is 5.78 Å². The normalized spacial score (nSPS) is 20.2. The molecule has 5 nitrogen and oxygen atoms in total. The number of hydrogen-bond donors (Lipinski definition) is 0. The summed E-state index contributed by atoms with van der Waals surface area (Å²) in [7, 11) is 4.95. The van der Waals surface area contributed by atoms with Crippen LogP contribution in [-0.4, -0.2) is 38.1 Å². The standard InChI is InChI=1S/C19H18N2O3/c1-21-11-13-8-17(22)18(24-3)9-15(13)19(16(21)10-20)12-4-6-14(23-2)7-5-12/h4-7,9,11,18H,8H2,1-3H3. The van der Waals surface area contributed by atoms with Gasteiger partial charge in [-0.15, -0.1) is 0 Å². The summed E-state index contributed by atoms with van der Waals surface area (Å²) in [6.07, 6.45) is 3.38. The Hall–Kier alpha value is -2.84. The van der Waals surface area contributed by atoms with Crippen LogP contribution < -0.4 is 4.74 Å². The van der Waals surface area contributed by atoms with Crippen molar-refractivity contribution in [3.63, 3.8) is 0 Å². The van der Waals surface area contributed by atoms with Gasteiger partial charge in [-0.05, 0) is 34.9 Å². The lowest BCUT2D eigenvalue weighted by atomic mass is 9.81. The predicted octanol–water partition coefficient (Wildman–Crippen LogP) is 2.67. The van der Waals surface area contributed by atoms with E-state index in [4.69, 9.17) is 9.47 Å². The first-order valence-corrected chi connectivity index (χ1v) is 7.59. The number of fused-ring (bicyclic) bond motifs is 1. The van der Waals surface area contributed by atoms with Gasteiger partial charge in [0.25, 0.3) is 0 Å². The van der Waals surface area contributed by atoms with E-state index in [2.05, 4.69) is 6.07 Å². The van der Waals surface area contributed by atoms with Gasteiger partial charge >= 0.3 is 0 Å². The molecular formula is C19H18N2O3. The van der Waals surface area contributed by atoms with Crippen molar-refractivity contribution < 1.29 is 14.3 Å². The lowest BCUT2D eigenvalue weighted by Gasteiger charge is -2.31. The summed E-state index contributed by atoms with van der Waals surface area (Å²) in [6, 6.07) is 9.82. The molecule has 0 amide bonds. The summed E-state index contributed by atoms with van der Waals surface area (Å²) in [5, 5.41) is 9.63. The molecule has 5 heteroatoms. The van der Waals surface area contributed by atoms with Crippen molar-refractivity contribution in [3.8, 4) is 11.8 Å². The molecule has 0 radical (unpaired) electrons. The number of methoxy groups -OCH3 is 2. The van der Waals surface area contributed by atoms with Gasteiger partial charge in [0, 0.05) is 32.4 Å². The van der Waals surface area contributed by atoms with Crippen LogP contribution in [0.4, 0.5) is 0 Å². The first-order valence-electron chi connectivity index (χ1n) is 7.59. The number of ketones is 1. The van der Waals surface area contributed by atoms with Gasteiger partial charge in [0.2, 0.25) is 0 Å². The molecule has 1 aromatic rings. The lowest BCUT2D eigenvalue weighted by Crippen LogP contribution is -2.29. The fourth-order valence-electron chi connectivity index (χ4n) is 3.08. The zero-order valence-corrected chi connectivity index (χ0v) is 13.9. The van der Waals surface area contributed by atoms with E-state index >= 15 is 0 Å². The summed E-state index contributed by atoms with van der Waals surface area (Å²) in [4.78, 5) is 13.9. The maximum Gasteiger partial charge on any atom is 0.169 e. The Morgan fingerprint density at radius 2 is 1.96 bits per heavy atom. The van der Waals surface area contributed by atoms with Crippen molar-refractivity contribution in [1.82, 2.24) is 4.90 Å². The van der Waals surface area contributed by atoms with E-state index in [9.17, 15) is 10.1 Å². The maximum atomic E-state index is 12.1. The van der Waals surface area contributed by atoms with Gasteiger partial charge in [0.05, 0.1) is 7.11 Å². The third-order valence-electron chi connectivity index (χ3n) is 4.29. The number of allylic oxidation sites excluding steroid dienone is 4. The van der Waals surface area contributed by atoms with E-state index in [0.717, 1.165) is 28.0 Å². The molecular weight excluding hydrogens is 304 g/mol. The molecule has 0 spiro atoms. The molecule has 0 N–H and O–H groups in total. The Bertz CT molecular complexity index is 810. The molecule has 1 atom stereocenters. The number of rotatable bonds is 3. The minimum Gasteiger partial charge on any atom is -0.497 e. The Morgan fingerprint density at radius 3 is 2.54 bits per heavy atom. The van der Waals surface area contributed by atoms with Crippen LogP contribution in [0.1, 0.15) is 12.0 Å². The van der Waals surface area contributed by atoms with Gasteiger partial charge < -0.3 is 14.4 Å². The van der Waals surface area contributed by atoms with E-state index in [1.54, 1.807) is 12.0 Å². The number of ether oxygens (including phenoxy) is 2. The highest BCUT2D eigenvalue weighted by Crippen LogP contribution is 2.40. The second-order valence-electron chi connectivity index (χ2n) is 5.71. The molecule has 0 aromatic heterocycles. The molecule has 1 aliphatic heterocycles. The van der Waals surface area contributed by atoms with Gasteiger partial charge in [-0.25, -0.2) is 0 Å². The quantitative estimate of drug-likeness (QED) is 0.856. The first-order chi connectivity index (χ1) is 11.6. The Kier molecular flexibility index (Phi) is 4.24. The molecule has 3 rings (SSSR count). The number of Topliss-reactive ketones (excluding diaryl/α,β-unsaturated/α-hetero) is 1. The van der Waals surface area contributed by atoms with Crippen molar-refractivity contribution in [2.24, 2.45) is 0 Å². The fourth-order valence-corrected chi connectivity index (χ4v) is 3.08. The van der Waals surface area contributed by atoms with Crippen LogP contribution in [0.3, 0.4) is 0 Å². The average molecular weight is 322 g/mol. The summed E-state index contributed by atoms with van der Waals surface area (Å²) < 4.78 is 10.5. The van der Waals surface area contributed by atoms with Crippen LogP contribution in [0.15, 0.2) is 53.4 Å². The number of benzene rings is 1. The first kappa shape index (κ1) is 16.0. The summed E-state index contributed by atoms with van der Waals surface area (Å²) >= 11 is 0. The van der Waals surface area contributed by atoms with Crippen LogP contribution in [0.25, 0.3) is 5.57 Å². The second kappa shape index (κ2) is 6.34. The Morgan fingerprint density at radius 1 is 1.25 bits per heavy atom. The molecule has 0 fully saturated rings. The van der Waals surface area contributed by atoms with Crippen molar-refractivity contribution >= 4 is 11.4 Å². The van der Waals surface area contributed by atoms with Crippen LogP contribution >= 0.6 is 0 Å². The smallest absolute Gasteiger partial charge is 0.169 e. The van der Waals surface area contributed by atoms with Gasteiger partial charge in [-0.2, -0.15) is 5.26 Å². The summed E-state index contributed by atoms with van der Waals surface area (Å²) in [5.74, 6) is 0.774. The molecule has 0 saturated heterocycles. The van der Waals surface area contributed by atoms with Crippen molar-refractivity contribution in [2.45, 2.75) is 12.5 Å². The van der Waals surface area contributed by atoms with Crippen LogP contribution in [0.2, 0.25) is 0 Å². The number of carbonyl (C=O) groups is 1. The topological polar surface area (TPSA) is 62.6 Å². The minimum absolute atomic E-state index is 0.0235. The zero-order valence-electron chi connectivity index (χ0n) is 13.9. The number of nitriles is 1. The highest BCUT2D eigenvalue weighted by Gasteiger charge is 2.32. The van der Waals surface area contributed by atoms with Crippen LogP contribution in [0.5, 0.6) is 5.75 Å². The van der Waals surface area contributed by atoms with E-state index in [1.807, 2.05) is 43.6 Å². The monoisotopic (exact) mass is 322 g/mol. The van der Waals surface area contributed by atoms with Gasteiger partial charge in [-0.1, -0.05) is 12.1 Å². The van der Waals surface area contributed by atoms with Crippen LogP contribution in [0, 0.1) is 11.3 Å². The predicted molar refractivity (Wildman–Crippen MR) is 89.9 cm³/mol. The van der Waals surface area contributed by atoms with Gasteiger partial charge in [0.15, 0.2) is 5.78 Å². The molecule has 0 bridgehead atoms. The third kappa shape index (κ3) is 2.61. The van der Waals surface area contributed by atoms with E-state index < -0.39 is 6.10 Å². The van der Waals surface area contributed by atoms with Crippen molar-refractivity contribution in [2.75, 3.05) is 21.3 Å². The Balaban J connectivity index is 2.18. The highest BCUT2D eigenvalue weighted by molar-refractivity contribution is 5.98. The minimum atomic E-state index is -0.575. The number of nitrogens with zero attached hydrogens (tertiary/aromatic N) is 2. The number of hydrogen-bond acceptors (Lipinski definition) is 5. The van der Waals surface area contributed by atoms with E-state index in [1.165, 1.54) is 7.11 Å². The van der Waals surface area contributed by atoms with Crippen LogP contribution in [-0.2, 0) is 9.53 Å². The summed E-state index contributed by atoms with van der Waals surface area (Å²) in [5.41, 5.74) is 4.05. The third-order valence-corrected chi connectivity index (χ3v) is 4.29. The SMILES string of the molecule is COc1ccc(C2=C(C#N)N(C)C=C3CC(=O)C(OC)C=C32)cc1. The molecule has 2 aliphatic rings. The molecule has 1 aromatic carbocycles. The molecule has 1 heterocycles. The lowest BCUT2D eigenvalue weighted by molar-refractivity contribution is -0.125.